The number of aryl methyl sites for hydroxylation is 1. The van der Waals surface area contributed by atoms with Crippen LogP contribution in [-0.4, -0.2) is 33.3 Å². The Kier molecular flexibility index (Phi) is 8.56. The van der Waals surface area contributed by atoms with Crippen molar-refractivity contribution < 1.29 is 14.5 Å². The molecule has 3 aromatic carbocycles. The van der Waals surface area contributed by atoms with Crippen molar-refractivity contribution in [3.05, 3.63) is 101 Å². The van der Waals surface area contributed by atoms with Gasteiger partial charge in [-0.3, -0.25) is 19.7 Å². The number of nitro groups is 1. The zero-order chi connectivity index (χ0) is 28.3. The van der Waals surface area contributed by atoms with Crippen molar-refractivity contribution in [2.45, 2.75) is 26.7 Å². The van der Waals surface area contributed by atoms with Gasteiger partial charge in [-0.15, -0.1) is 0 Å². The van der Waals surface area contributed by atoms with Crippen LogP contribution in [-0.2, 0) is 4.79 Å². The number of fused-ring (bicyclic) bond motifs is 1. The minimum atomic E-state index is -0.615. The maximum absolute atomic E-state index is 13.2. The molecule has 1 heterocycles. The van der Waals surface area contributed by atoms with E-state index in [0.717, 1.165) is 10.0 Å². The Morgan fingerprint density at radius 2 is 1.90 bits per heavy atom. The highest BCUT2D eigenvalue weighted by atomic mass is 79.9. The molecule has 10 nitrogen and oxygen atoms in total. The highest BCUT2D eigenvalue weighted by Gasteiger charge is 2.21. The first-order chi connectivity index (χ1) is 18.5. The van der Waals surface area contributed by atoms with Gasteiger partial charge < -0.3 is 10.1 Å². The lowest BCUT2D eigenvalue weighted by Gasteiger charge is -2.12. The molecule has 200 valence electrons. The van der Waals surface area contributed by atoms with Gasteiger partial charge in [0.15, 0.2) is 6.61 Å². The zero-order valence-electron chi connectivity index (χ0n) is 21.1. The van der Waals surface area contributed by atoms with Crippen LogP contribution in [0.3, 0.4) is 0 Å². The number of nitrogens with zero attached hydrogens (tertiary/aromatic N) is 4. The lowest BCUT2D eigenvalue weighted by molar-refractivity contribution is -0.385. The second-order valence-corrected chi connectivity index (χ2v) is 10.7. The van der Waals surface area contributed by atoms with Crippen molar-refractivity contribution in [3.63, 3.8) is 0 Å². The van der Waals surface area contributed by atoms with Gasteiger partial charge in [0.05, 0.1) is 26.5 Å². The van der Waals surface area contributed by atoms with Crippen molar-refractivity contribution in [3.8, 4) is 5.75 Å². The molecule has 4 rings (SSSR count). The fraction of sp³-hybridized carbons (Fsp3) is 0.185. The van der Waals surface area contributed by atoms with Crippen LogP contribution in [0, 0.1) is 17.0 Å². The number of benzene rings is 3. The predicted octanol–water partition coefficient (Wildman–Crippen LogP) is 6.16. The van der Waals surface area contributed by atoms with Gasteiger partial charge in [0.2, 0.25) is 5.75 Å². The van der Waals surface area contributed by atoms with E-state index in [1.165, 1.54) is 17.0 Å². The first-order valence-corrected chi connectivity index (χ1v) is 13.4. The molecule has 0 unspecified atom stereocenters. The van der Waals surface area contributed by atoms with E-state index in [2.05, 4.69) is 47.3 Å². The van der Waals surface area contributed by atoms with Gasteiger partial charge in [-0.1, -0.05) is 47.5 Å². The average Bonchev–Trinajstić information content (AvgIpc) is 2.88. The molecule has 1 N–H and O–H groups in total. The first-order valence-electron chi connectivity index (χ1n) is 11.8. The monoisotopic (exact) mass is 655 g/mol. The quantitative estimate of drug-likeness (QED) is 0.137. The summed E-state index contributed by atoms with van der Waals surface area (Å²) >= 11 is 6.67. The number of ether oxygens (including phenoxy) is 1. The Balaban J connectivity index is 1.62. The number of nitrogens with one attached hydrogen (secondary N) is 1. The van der Waals surface area contributed by atoms with E-state index in [0.29, 0.717) is 28.0 Å². The summed E-state index contributed by atoms with van der Waals surface area (Å²) in [4.78, 5) is 41.4. The van der Waals surface area contributed by atoms with Crippen molar-refractivity contribution in [2.75, 3.05) is 11.9 Å². The number of amides is 1. The fourth-order valence-corrected chi connectivity index (χ4v) is 4.64. The van der Waals surface area contributed by atoms with Crippen LogP contribution in [0.2, 0.25) is 0 Å². The fourth-order valence-electron chi connectivity index (χ4n) is 3.70. The van der Waals surface area contributed by atoms with Crippen LogP contribution in [0.15, 0.2) is 73.4 Å². The van der Waals surface area contributed by atoms with E-state index in [4.69, 9.17) is 4.74 Å². The minimum absolute atomic E-state index is 0.103. The molecule has 1 aromatic heterocycles. The number of carbonyl (C=O) groups is 1. The van der Waals surface area contributed by atoms with Crippen LogP contribution in [0.25, 0.3) is 10.9 Å². The lowest BCUT2D eigenvalue weighted by Crippen LogP contribution is -2.23. The summed E-state index contributed by atoms with van der Waals surface area (Å²) in [5, 5.41) is 19.2. The molecule has 0 bridgehead atoms. The van der Waals surface area contributed by atoms with E-state index in [9.17, 15) is 19.7 Å². The van der Waals surface area contributed by atoms with E-state index in [-0.39, 0.29) is 27.4 Å². The molecule has 12 heteroatoms. The smallest absolute Gasteiger partial charge is 0.312 e. The molecule has 0 saturated carbocycles. The molecule has 0 atom stereocenters. The number of hydrogen-bond donors (Lipinski definition) is 1. The van der Waals surface area contributed by atoms with Crippen molar-refractivity contribution in [2.24, 2.45) is 5.10 Å². The molecule has 0 spiro atoms. The first kappa shape index (κ1) is 28.1. The Bertz CT molecular complexity index is 1670. The molecular weight excluding hydrogens is 634 g/mol. The minimum Gasteiger partial charge on any atom is -0.476 e. The van der Waals surface area contributed by atoms with E-state index in [1.807, 2.05) is 32.9 Å². The number of halogens is 2. The standard InChI is InChI=1S/C27H23Br2N5O5/c1-15(2)26-32-22-9-6-18(28)12-20(22)27(36)33(26)30-13-17-10-21(29)25(23(11-17)34(37)38)39-14-24(35)31-19-7-4-16(3)5-8-19/h4-13,15H,14H2,1-3H3,(H,31,35). The number of hydrogen-bond acceptors (Lipinski definition) is 7. The largest absolute Gasteiger partial charge is 0.476 e. The van der Waals surface area contributed by atoms with Gasteiger partial charge in [-0.25, -0.2) is 4.98 Å². The highest BCUT2D eigenvalue weighted by Crippen LogP contribution is 2.36. The average molecular weight is 657 g/mol. The van der Waals surface area contributed by atoms with Gasteiger partial charge >= 0.3 is 5.69 Å². The predicted molar refractivity (Wildman–Crippen MR) is 157 cm³/mol. The second kappa shape index (κ2) is 11.9. The molecular formula is C27H23Br2N5O5. The van der Waals surface area contributed by atoms with Gasteiger partial charge in [-0.05, 0) is 59.3 Å². The Hall–Kier alpha value is -3.90. The van der Waals surface area contributed by atoms with Gasteiger partial charge in [0, 0.05) is 27.7 Å². The number of carbonyl (C=O) groups excluding carboxylic acids is 1. The van der Waals surface area contributed by atoms with Gasteiger partial charge in [0.1, 0.15) is 5.82 Å². The van der Waals surface area contributed by atoms with Crippen LogP contribution in [0.4, 0.5) is 11.4 Å². The summed E-state index contributed by atoms with van der Waals surface area (Å²) in [6.07, 6.45) is 1.34. The molecule has 4 aromatic rings. The summed E-state index contributed by atoms with van der Waals surface area (Å²) < 4.78 is 7.69. The zero-order valence-corrected chi connectivity index (χ0v) is 24.3. The number of rotatable bonds is 8. The van der Waals surface area contributed by atoms with Crippen LogP contribution in [0.1, 0.15) is 36.7 Å². The summed E-state index contributed by atoms with van der Waals surface area (Å²) in [6, 6.07) is 15.2. The van der Waals surface area contributed by atoms with E-state index in [1.54, 1.807) is 36.4 Å². The maximum Gasteiger partial charge on any atom is 0.312 e. The van der Waals surface area contributed by atoms with Crippen LogP contribution < -0.4 is 15.6 Å². The highest BCUT2D eigenvalue weighted by molar-refractivity contribution is 9.10. The topological polar surface area (TPSA) is 129 Å². The molecule has 0 aliphatic rings. The van der Waals surface area contributed by atoms with E-state index < -0.39 is 17.4 Å². The lowest BCUT2D eigenvalue weighted by atomic mass is 10.2. The Morgan fingerprint density at radius 3 is 2.56 bits per heavy atom. The second-order valence-electron chi connectivity index (χ2n) is 8.96. The summed E-state index contributed by atoms with van der Waals surface area (Å²) in [7, 11) is 0. The molecule has 0 aliphatic heterocycles. The Morgan fingerprint density at radius 1 is 1.18 bits per heavy atom. The molecule has 1 amide bonds. The molecule has 39 heavy (non-hydrogen) atoms. The maximum atomic E-state index is 13.2. The number of anilines is 1. The third-order valence-electron chi connectivity index (χ3n) is 5.60. The molecule has 0 radical (unpaired) electrons. The normalized spacial score (nSPS) is 11.3. The molecule has 0 aliphatic carbocycles. The van der Waals surface area contributed by atoms with E-state index >= 15 is 0 Å². The van der Waals surface area contributed by atoms with Gasteiger partial charge in [-0.2, -0.15) is 9.78 Å². The third-order valence-corrected chi connectivity index (χ3v) is 6.68. The van der Waals surface area contributed by atoms with Crippen LogP contribution in [0.5, 0.6) is 5.75 Å². The van der Waals surface area contributed by atoms with Crippen molar-refractivity contribution in [1.29, 1.82) is 0 Å². The number of aromatic nitrogens is 2. The van der Waals surface area contributed by atoms with Crippen LogP contribution >= 0.6 is 31.9 Å². The summed E-state index contributed by atoms with van der Waals surface area (Å²) in [5.41, 5.74) is 1.77. The molecule has 0 fully saturated rings. The summed E-state index contributed by atoms with van der Waals surface area (Å²) in [6.45, 7) is 5.27. The molecule has 0 saturated heterocycles. The van der Waals surface area contributed by atoms with Crippen molar-refractivity contribution >= 4 is 66.3 Å². The Labute approximate surface area is 240 Å². The van der Waals surface area contributed by atoms with Crippen molar-refractivity contribution in [1.82, 2.24) is 9.66 Å². The summed E-state index contributed by atoms with van der Waals surface area (Å²) in [5.74, 6) is -0.250. The third kappa shape index (κ3) is 6.58. The SMILES string of the molecule is Cc1ccc(NC(=O)COc2c(Br)cc(C=Nn3c(C(C)C)nc4ccc(Br)cc4c3=O)cc2[N+](=O)[O-])cc1. The van der Waals surface area contributed by atoms with Gasteiger partial charge in [0.25, 0.3) is 11.5 Å². The number of nitro benzene ring substituents is 1.